The first-order valence-corrected chi connectivity index (χ1v) is 8.94. The Bertz CT molecular complexity index is 955. The number of aryl methyl sites for hydroxylation is 2. The summed E-state index contributed by atoms with van der Waals surface area (Å²) in [5.74, 6) is 1.04. The Morgan fingerprint density at radius 1 is 0.923 bits per heavy atom. The first kappa shape index (κ1) is 16.5. The van der Waals surface area contributed by atoms with E-state index < -0.39 is 0 Å². The van der Waals surface area contributed by atoms with Crippen molar-refractivity contribution in [1.82, 2.24) is 0 Å². The summed E-state index contributed by atoms with van der Waals surface area (Å²) in [6.07, 6.45) is 2.14. The number of carbonyl (C=O) groups is 1. The van der Waals surface area contributed by atoms with Crippen LogP contribution >= 0.6 is 0 Å². The molecule has 1 amide bonds. The Balaban J connectivity index is 1.49. The number of hydrogen-bond donors (Lipinski definition) is 1. The van der Waals surface area contributed by atoms with E-state index in [1.54, 1.807) is 6.07 Å². The molecule has 4 nitrogen and oxygen atoms in total. The molecule has 26 heavy (non-hydrogen) atoms. The van der Waals surface area contributed by atoms with E-state index in [0.717, 1.165) is 23.9 Å². The molecule has 0 saturated heterocycles. The molecule has 0 fully saturated rings. The van der Waals surface area contributed by atoms with Crippen molar-refractivity contribution in [1.29, 1.82) is 0 Å². The maximum atomic E-state index is 12.4. The van der Waals surface area contributed by atoms with Gasteiger partial charge in [-0.2, -0.15) is 0 Å². The van der Waals surface area contributed by atoms with Crippen molar-refractivity contribution in [3.63, 3.8) is 0 Å². The van der Waals surface area contributed by atoms with Gasteiger partial charge in [0.1, 0.15) is 0 Å². The van der Waals surface area contributed by atoms with Gasteiger partial charge in [0.15, 0.2) is 18.1 Å². The third kappa shape index (κ3) is 3.10. The van der Waals surface area contributed by atoms with Gasteiger partial charge in [-0.1, -0.05) is 36.4 Å². The van der Waals surface area contributed by atoms with Crippen LogP contribution in [0.15, 0.2) is 54.6 Å². The largest absolute Gasteiger partial charge is 0.490 e. The zero-order valence-electron chi connectivity index (χ0n) is 14.7. The molecule has 0 bridgehead atoms. The fraction of sp³-hybridized carbons (Fsp3) is 0.227. The molecule has 3 aromatic carbocycles. The van der Waals surface area contributed by atoms with Crippen LogP contribution in [0, 0.1) is 0 Å². The lowest BCUT2D eigenvalue weighted by Crippen LogP contribution is -2.20. The lowest BCUT2D eigenvalue weighted by molar-refractivity contribution is -0.118. The zero-order valence-corrected chi connectivity index (χ0v) is 14.7. The monoisotopic (exact) mass is 347 g/mol. The minimum atomic E-state index is -0.185. The molecule has 1 aliphatic carbocycles. The highest BCUT2D eigenvalue weighted by Gasteiger charge is 2.17. The Hall–Kier alpha value is -3.01. The van der Waals surface area contributed by atoms with Crippen LogP contribution in [0.4, 0.5) is 5.69 Å². The van der Waals surface area contributed by atoms with Crippen molar-refractivity contribution in [2.75, 3.05) is 18.5 Å². The molecule has 132 valence electrons. The van der Waals surface area contributed by atoms with Crippen molar-refractivity contribution in [3.8, 4) is 11.5 Å². The summed E-state index contributed by atoms with van der Waals surface area (Å²) in [5.41, 5.74) is 3.55. The van der Waals surface area contributed by atoms with Gasteiger partial charge < -0.3 is 14.8 Å². The van der Waals surface area contributed by atoms with Gasteiger partial charge in [-0.3, -0.25) is 4.79 Å². The zero-order chi connectivity index (χ0) is 17.9. The van der Waals surface area contributed by atoms with Crippen molar-refractivity contribution in [2.45, 2.75) is 19.8 Å². The Kier molecular flexibility index (Phi) is 4.48. The molecule has 0 unspecified atom stereocenters. The second kappa shape index (κ2) is 7.08. The van der Waals surface area contributed by atoms with Gasteiger partial charge in [-0.05, 0) is 54.5 Å². The summed E-state index contributed by atoms with van der Waals surface area (Å²) < 4.78 is 11.2. The number of nitrogens with one attached hydrogen (secondary N) is 1. The summed E-state index contributed by atoms with van der Waals surface area (Å²) in [5, 5.41) is 5.37. The number of rotatable bonds is 6. The van der Waals surface area contributed by atoms with E-state index in [4.69, 9.17) is 9.47 Å². The molecule has 0 radical (unpaired) electrons. The van der Waals surface area contributed by atoms with E-state index in [1.807, 2.05) is 31.2 Å². The first-order valence-electron chi connectivity index (χ1n) is 8.94. The molecular weight excluding hydrogens is 326 g/mol. The van der Waals surface area contributed by atoms with Gasteiger partial charge in [0.05, 0.1) is 6.61 Å². The molecule has 0 spiro atoms. The lowest BCUT2D eigenvalue weighted by Gasteiger charge is -2.13. The van der Waals surface area contributed by atoms with Crippen LogP contribution in [0.2, 0.25) is 0 Å². The van der Waals surface area contributed by atoms with Crippen LogP contribution in [-0.4, -0.2) is 19.1 Å². The molecular formula is C22H21NO3. The third-order valence-electron chi connectivity index (χ3n) is 4.66. The Morgan fingerprint density at radius 2 is 1.65 bits per heavy atom. The van der Waals surface area contributed by atoms with Crippen LogP contribution in [0.1, 0.15) is 18.1 Å². The van der Waals surface area contributed by atoms with Crippen molar-refractivity contribution >= 4 is 22.4 Å². The smallest absolute Gasteiger partial charge is 0.262 e. The molecule has 0 heterocycles. The van der Waals surface area contributed by atoms with Gasteiger partial charge >= 0.3 is 0 Å². The number of ether oxygens (including phenoxy) is 2. The van der Waals surface area contributed by atoms with Crippen LogP contribution in [0.3, 0.4) is 0 Å². The quantitative estimate of drug-likeness (QED) is 0.721. The summed E-state index contributed by atoms with van der Waals surface area (Å²) in [6, 6.07) is 17.8. The van der Waals surface area contributed by atoms with Crippen molar-refractivity contribution in [3.05, 3.63) is 65.7 Å². The van der Waals surface area contributed by atoms with Crippen LogP contribution < -0.4 is 14.8 Å². The van der Waals surface area contributed by atoms with Crippen LogP contribution in [0.5, 0.6) is 11.5 Å². The molecule has 3 aromatic rings. The number of amides is 1. The van der Waals surface area contributed by atoms with E-state index in [1.165, 1.54) is 16.5 Å². The van der Waals surface area contributed by atoms with E-state index in [-0.39, 0.29) is 12.5 Å². The molecule has 1 aliphatic rings. The predicted molar refractivity (Wildman–Crippen MR) is 103 cm³/mol. The predicted octanol–water partition coefficient (Wildman–Crippen LogP) is 4.35. The molecule has 4 rings (SSSR count). The topological polar surface area (TPSA) is 47.6 Å². The third-order valence-corrected chi connectivity index (χ3v) is 4.66. The summed E-state index contributed by atoms with van der Waals surface area (Å²) in [6.45, 7) is 2.40. The second-order valence-electron chi connectivity index (χ2n) is 6.33. The van der Waals surface area contributed by atoms with E-state index in [9.17, 15) is 4.79 Å². The second-order valence-corrected chi connectivity index (χ2v) is 6.33. The number of hydrogen-bond acceptors (Lipinski definition) is 3. The summed E-state index contributed by atoms with van der Waals surface area (Å²) >= 11 is 0. The minimum Gasteiger partial charge on any atom is -0.490 e. The van der Waals surface area contributed by atoms with E-state index in [0.29, 0.717) is 18.1 Å². The molecule has 4 heteroatoms. The van der Waals surface area contributed by atoms with Crippen molar-refractivity contribution in [2.24, 2.45) is 0 Å². The standard InChI is InChI=1S/C22H21NO3/c1-2-25-19-8-3-4-9-20(19)26-14-21(24)23-18-13-12-16-11-10-15-6-5-7-17(18)22(15)16/h3-9,12-13H,2,10-11,14H2,1H3,(H,23,24). The van der Waals surface area contributed by atoms with Gasteiger partial charge in [-0.15, -0.1) is 0 Å². The average Bonchev–Trinajstić information content (AvgIpc) is 3.08. The first-order chi connectivity index (χ1) is 12.8. The minimum absolute atomic E-state index is 0.0625. The Morgan fingerprint density at radius 3 is 2.42 bits per heavy atom. The van der Waals surface area contributed by atoms with E-state index in [2.05, 4.69) is 29.6 Å². The molecule has 0 aromatic heterocycles. The summed E-state index contributed by atoms with van der Waals surface area (Å²) in [4.78, 5) is 12.4. The normalized spacial score (nSPS) is 12.2. The van der Waals surface area contributed by atoms with Gasteiger partial charge in [-0.25, -0.2) is 0 Å². The highest BCUT2D eigenvalue weighted by molar-refractivity contribution is 6.05. The molecule has 0 atom stereocenters. The van der Waals surface area contributed by atoms with Crippen molar-refractivity contribution < 1.29 is 14.3 Å². The molecule has 1 N–H and O–H groups in total. The SMILES string of the molecule is CCOc1ccccc1OCC(=O)Nc1ccc2c3c(cccc13)CC2. The highest BCUT2D eigenvalue weighted by atomic mass is 16.5. The maximum absolute atomic E-state index is 12.4. The number of benzene rings is 3. The fourth-order valence-corrected chi connectivity index (χ4v) is 3.53. The molecule has 0 saturated carbocycles. The summed E-state index contributed by atoms with van der Waals surface area (Å²) in [7, 11) is 0. The Labute approximate surface area is 152 Å². The van der Waals surface area contributed by atoms with Gasteiger partial charge in [0, 0.05) is 11.1 Å². The van der Waals surface area contributed by atoms with Crippen LogP contribution in [-0.2, 0) is 17.6 Å². The maximum Gasteiger partial charge on any atom is 0.262 e. The van der Waals surface area contributed by atoms with Crippen LogP contribution in [0.25, 0.3) is 10.8 Å². The highest BCUT2D eigenvalue weighted by Crippen LogP contribution is 2.35. The van der Waals surface area contributed by atoms with Gasteiger partial charge in [0.25, 0.3) is 5.91 Å². The fourth-order valence-electron chi connectivity index (χ4n) is 3.53. The number of para-hydroxylation sites is 2. The molecule has 0 aliphatic heterocycles. The van der Waals surface area contributed by atoms with Gasteiger partial charge in [0.2, 0.25) is 0 Å². The number of anilines is 1. The number of carbonyl (C=O) groups excluding carboxylic acids is 1. The average molecular weight is 347 g/mol. The lowest BCUT2D eigenvalue weighted by atomic mass is 10.0. The van der Waals surface area contributed by atoms with E-state index >= 15 is 0 Å².